The van der Waals surface area contributed by atoms with Crippen LogP contribution in [0.3, 0.4) is 0 Å². The number of non-ortho nitro benzene ring substituents is 1. The summed E-state index contributed by atoms with van der Waals surface area (Å²) in [6.07, 6.45) is 0. The predicted octanol–water partition coefficient (Wildman–Crippen LogP) is 2.14. The lowest BCUT2D eigenvalue weighted by atomic mass is 10.3. The Morgan fingerprint density at radius 2 is 0.769 bits per heavy atom. The van der Waals surface area contributed by atoms with Gasteiger partial charge in [0.1, 0.15) is 12.4 Å². The number of rotatable bonds is 30. The van der Waals surface area contributed by atoms with Gasteiger partial charge in [-0.15, -0.1) is 0 Å². The first kappa shape index (κ1) is 35.1. The molecule has 0 amide bonds. The summed E-state index contributed by atoms with van der Waals surface area (Å²) in [5, 5.41) is 10.6. The van der Waals surface area contributed by atoms with Crippen LogP contribution < -0.4 is 4.74 Å². The van der Waals surface area contributed by atoms with Gasteiger partial charge >= 0.3 is 0 Å². The molecule has 0 radical (unpaired) electrons. The van der Waals surface area contributed by atoms with E-state index in [1.165, 1.54) is 12.1 Å². The van der Waals surface area contributed by atoms with Crippen LogP contribution in [0.25, 0.3) is 0 Å². The summed E-state index contributed by atoms with van der Waals surface area (Å²) in [6, 6.07) is 5.91. The van der Waals surface area contributed by atoms with Gasteiger partial charge in [0.2, 0.25) is 0 Å². The van der Waals surface area contributed by atoms with Crippen molar-refractivity contribution in [3.05, 3.63) is 34.4 Å². The third-order valence-electron chi connectivity index (χ3n) is 4.72. The molecule has 0 heterocycles. The number of hydrogen-bond acceptors (Lipinski definition) is 12. The SMILES string of the molecule is CCOCCOCCOCCOCCOCCOCCOCCOCCOCCOc1ccc([N+](=O)[O-])cc1. The highest BCUT2D eigenvalue weighted by molar-refractivity contribution is 5.35. The molecule has 0 fully saturated rings. The van der Waals surface area contributed by atoms with Crippen LogP contribution in [0.15, 0.2) is 24.3 Å². The number of nitro groups is 1. The van der Waals surface area contributed by atoms with E-state index in [2.05, 4.69) is 0 Å². The van der Waals surface area contributed by atoms with E-state index in [0.717, 1.165) is 0 Å². The van der Waals surface area contributed by atoms with E-state index < -0.39 is 4.92 Å². The molecule has 0 aliphatic heterocycles. The smallest absolute Gasteiger partial charge is 0.269 e. The summed E-state index contributed by atoms with van der Waals surface area (Å²) in [7, 11) is 0. The lowest BCUT2D eigenvalue weighted by Crippen LogP contribution is -2.15. The topological polar surface area (TPSA) is 135 Å². The predicted molar refractivity (Wildman–Crippen MR) is 142 cm³/mol. The van der Waals surface area contributed by atoms with Crippen molar-refractivity contribution in [3.8, 4) is 5.75 Å². The molecule has 0 aliphatic rings. The molecule has 0 N–H and O–H groups in total. The van der Waals surface area contributed by atoms with Crippen LogP contribution in [0.1, 0.15) is 6.92 Å². The standard InChI is InChI=1S/C26H45NO12/c1-2-30-7-8-31-9-10-32-11-12-33-13-14-34-15-16-35-17-18-36-19-20-37-21-22-38-23-24-39-26-5-3-25(4-6-26)27(28)29/h3-6H,2,7-24H2,1H3. The first-order chi connectivity index (χ1) is 19.2. The molecule has 0 saturated heterocycles. The van der Waals surface area contributed by atoms with Crippen molar-refractivity contribution in [1.82, 2.24) is 0 Å². The molecule has 13 heteroatoms. The quantitative estimate of drug-likeness (QED) is 0.0771. The molecule has 1 aromatic carbocycles. The Labute approximate surface area is 231 Å². The zero-order valence-electron chi connectivity index (χ0n) is 23.1. The monoisotopic (exact) mass is 563 g/mol. The van der Waals surface area contributed by atoms with Crippen molar-refractivity contribution < 1.29 is 52.3 Å². The zero-order valence-corrected chi connectivity index (χ0v) is 23.1. The summed E-state index contributed by atoms with van der Waals surface area (Å²) in [6.45, 7) is 11.6. The van der Waals surface area contributed by atoms with Crippen molar-refractivity contribution >= 4 is 5.69 Å². The minimum Gasteiger partial charge on any atom is -0.491 e. The number of nitro benzene ring substituents is 1. The second-order valence-corrected chi connectivity index (χ2v) is 7.70. The summed E-state index contributed by atoms with van der Waals surface area (Å²) in [5.74, 6) is 0.559. The van der Waals surface area contributed by atoms with Crippen molar-refractivity contribution in [2.24, 2.45) is 0 Å². The normalized spacial score (nSPS) is 11.2. The number of ether oxygens (including phenoxy) is 10. The molecule has 13 nitrogen and oxygen atoms in total. The summed E-state index contributed by atoms with van der Waals surface area (Å²) in [5.41, 5.74) is 0.0281. The van der Waals surface area contributed by atoms with Gasteiger partial charge in [0, 0.05) is 18.7 Å². The number of benzene rings is 1. The average molecular weight is 564 g/mol. The van der Waals surface area contributed by atoms with Gasteiger partial charge in [-0.3, -0.25) is 10.1 Å². The highest BCUT2D eigenvalue weighted by Crippen LogP contribution is 2.17. The lowest BCUT2D eigenvalue weighted by molar-refractivity contribution is -0.384. The first-order valence-corrected chi connectivity index (χ1v) is 13.3. The Balaban J connectivity index is 1.68. The van der Waals surface area contributed by atoms with Gasteiger partial charge in [0.05, 0.1) is 117 Å². The van der Waals surface area contributed by atoms with E-state index in [0.29, 0.717) is 131 Å². The summed E-state index contributed by atoms with van der Waals surface area (Å²) >= 11 is 0. The highest BCUT2D eigenvalue weighted by atomic mass is 16.6. The Hall–Kier alpha value is -1.94. The number of nitrogens with zero attached hydrogens (tertiary/aromatic N) is 1. The maximum Gasteiger partial charge on any atom is 0.269 e. The summed E-state index contributed by atoms with van der Waals surface area (Å²) in [4.78, 5) is 10.2. The van der Waals surface area contributed by atoms with Crippen LogP contribution in [0.5, 0.6) is 5.75 Å². The highest BCUT2D eigenvalue weighted by Gasteiger charge is 2.04. The van der Waals surface area contributed by atoms with E-state index in [1.807, 2.05) is 6.92 Å². The molecule has 0 saturated carbocycles. The molecule has 0 unspecified atom stereocenters. The molecule has 0 aromatic heterocycles. The molecule has 0 bridgehead atoms. The van der Waals surface area contributed by atoms with Gasteiger partial charge in [-0.2, -0.15) is 0 Å². The Morgan fingerprint density at radius 3 is 1.05 bits per heavy atom. The number of hydrogen-bond donors (Lipinski definition) is 0. The third kappa shape index (κ3) is 23.6. The van der Waals surface area contributed by atoms with Crippen LogP contribution in [0.2, 0.25) is 0 Å². The van der Waals surface area contributed by atoms with E-state index >= 15 is 0 Å². The Morgan fingerprint density at radius 1 is 0.487 bits per heavy atom. The van der Waals surface area contributed by atoms with Gasteiger partial charge in [0.25, 0.3) is 5.69 Å². The van der Waals surface area contributed by atoms with Gasteiger partial charge < -0.3 is 47.4 Å². The van der Waals surface area contributed by atoms with Crippen LogP contribution in [-0.4, -0.2) is 130 Å². The third-order valence-corrected chi connectivity index (χ3v) is 4.72. The molecule has 1 rings (SSSR count). The van der Waals surface area contributed by atoms with Gasteiger partial charge in [-0.25, -0.2) is 0 Å². The van der Waals surface area contributed by atoms with E-state index in [-0.39, 0.29) is 5.69 Å². The molecule has 1 aromatic rings. The average Bonchev–Trinajstić information content (AvgIpc) is 2.94. The van der Waals surface area contributed by atoms with Gasteiger partial charge in [-0.05, 0) is 19.1 Å². The van der Waals surface area contributed by atoms with Crippen molar-refractivity contribution in [2.45, 2.75) is 6.92 Å². The van der Waals surface area contributed by atoms with Crippen molar-refractivity contribution in [1.29, 1.82) is 0 Å². The Kier molecular flexibility index (Phi) is 24.8. The Bertz CT molecular complexity index is 665. The molecular weight excluding hydrogens is 518 g/mol. The largest absolute Gasteiger partial charge is 0.491 e. The van der Waals surface area contributed by atoms with Crippen LogP contribution in [-0.2, 0) is 42.6 Å². The minimum absolute atomic E-state index is 0.0281. The van der Waals surface area contributed by atoms with Crippen LogP contribution >= 0.6 is 0 Å². The maximum absolute atomic E-state index is 10.6. The molecule has 0 aliphatic carbocycles. The van der Waals surface area contributed by atoms with E-state index in [1.54, 1.807) is 12.1 Å². The lowest BCUT2D eigenvalue weighted by Gasteiger charge is -2.09. The zero-order chi connectivity index (χ0) is 28.1. The molecule has 0 atom stereocenters. The fourth-order valence-corrected chi connectivity index (χ4v) is 2.79. The molecular formula is C26H45NO12. The van der Waals surface area contributed by atoms with Crippen LogP contribution in [0, 0.1) is 10.1 Å². The van der Waals surface area contributed by atoms with E-state index in [9.17, 15) is 10.1 Å². The molecule has 226 valence electrons. The molecule has 0 spiro atoms. The minimum atomic E-state index is -0.451. The van der Waals surface area contributed by atoms with Gasteiger partial charge in [-0.1, -0.05) is 0 Å². The summed E-state index contributed by atoms with van der Waals surface area (Å²) < 4.78 is 54.0. The van der Waals surface area contributed by atoms with E-state index in [4.69, 9.17) is 47.4 Å². The first-order valence-electron chi connectivity index (χ1n) is 13.3. The molecule has 39 heavy (non-hydrogen) atoms. The van der Waals surface area contributed by atoms with Crippen molar-refractivity contribution in [3.63, 3.8) is 0 Å². The second-order valence-electron chi connectivity index (χ2n) is 7.70. The second kappa shape index (κ2) is 27.6. The van der Waals surface area contributed by atoms with Gasteiger partial charge in [0.15, 0.2) is 0 Å². The fraction of sp³-hybridized carbons (Fsp3) is 0.769. The van der Waals surface area contributed by atoms with Crippen molar-refractivity contribution in [2.75, 3.05) is 126 Å². The van der Waals surface area contributed by atoms with Crippen LogP contribution in [0.4, 0.5) is 5.69 Å². The fourth-order valence-electron chi connectivity index (χ4n) is 2.79. The maximum atomic E-state index is 10.6.